The van der Waals surface area contributed by atoms with E-state index in [4.69, 9.17) is 15.4 Å². The molecule has 0 saturated heterocycles. The van der Waals surface area contributed by atoms with Crippen LogP contribution in [0.5, 0.6) is 0 Å². The quantitative estimate of drug-likeness (QED) is 0.576. The highest BCUT2D eigenvalue weighted by atomic mass is 35.5. The van der Waals surface area contributed by atoms with Gasteiger partial charge in [-0.3, -0.25) is 9.36 Å². The van der Waals surface area contributed by atoms with Crippen LogP contribution in [-0.4, -0.2) is 29.7 Å². The van der Waals surface area contributed by atoms with E-state index in [1.165, 1.54) is 32.1 Å². The van der Waals surface area contributed by atoms with Gasteiger partial charge in [0.1, 0.15) is 12.8 Å². The number of hydrogen-bond acceptors (Lipinski definition) is 4. The smallest absolute Gasteiger partial charge is 0.315 e. The molecule has 18 heavy (non-hydrogen) atoms. The normalized spacial score (nSPS) is 19.7. The molecule has 1 aliphatic carbocycles. The Kier molecular flexibility index (Phi) is 9.74. The number of carbonyl (C=O) groups excluding carboxylic acids is 1. The largest absolute Gasteiger partial charge is 0.464 e. The Morgan fingerprint density at radius 3 is 2.56 bits per heavy atom. The maximum Gasteiger partial charge on any atom is 0.315 e. The van der Waals surface area contributed by atoms with Crippen LogP contribution in [0.3, 0.4) is 0 Å². The molecule has 0 heterocycles. The number of esters is 1. The van der Waals surface area contributed by atoms with E-state index < -0.39 is 20.2 Å². The third kappa shape index (κ3) is 8.09. The van der Waals surface area contributed by atoms with Crippen molar-refractivity contribution in [1.29, 1.82) is 0 Å². The fraction of sp³-hybridized carbons (Fsp3) is 0.909. The van der Waals surface area contributed by atoms with Gasteiger partial charge in [0.05, 0.1) is 0 Å². The molecule has 108 valence electrons. The van der Waals surface area contributed by atoms with Crippen molar-refractivity contribution in [3.05, 3.63) is 0 Å². The number of rotatable bonds is 6. The molecular weight excluding hydrogens is 277 g/mol. The molecular formula is C11H23ClNO4P. The predicted molar refractivity (Wildman–Crippen MR) is 73.5 cm³/mol. The maximum atomic E-state index is 11.0. The SMILES string of the molecule is Cl.NC(COC(=O)C[PH](=O)O)CC1CCCCC1. The Hall–Kier alpha value is -0.0900. The molecule has 0 bridgehead atoms. The van der Waals surface area contributed by atoms with E-state index >= 15 is 0 Å². The number of halogens is 1. The molecule has 0 spiro atoms. The highest BCUT2D eigenvalue weighted by Crippen LogP contribution is 2.27. The molecule has 1 aliphatic rings. The van der Waals surface area contributed by atoms with Crippen LogP contribution in [0.25, 0.3) is 0 Å². The lowest BCUT2D eigenvalue weighted by Gasteiger charge is -2.24. The summed E-state index contributed by atoms with van der Waals surface area (Å²) in [6.45, 7) is 0.157. The van der Waals surface area contributed by atoms with Gasteiger partial charge in [-0.05, 0) is 12.3 Å². The zero-order valence-electron chi connectivity index (χ0n) is 10.5. The van der Waals surface area contributed by atoms with E-state index in [0.29, 0.717) is 5.92 Å². The summed E-state index contributed by atoms with van der Waals surface area (Å²) in [7, 11) is -2.77. The fourth-order valence-electron chi connectivity index (χ4n) is 2.29. The predicted octanol–water partition coefficient (Wildman–Crippen LogP) is 1.72. The maximum absolute atomic E-state index is 11.0. The Morgan fingerprint density at radius 1 is 1.39 bits per heavy atom. The summed E-state index contributed by atoms with van der Waals surface area (Å²) in [5, 5.41) is 0. The van der Waals surface area contributed by atoms with Crippen LogP contribution in [0.4, 0.5) is 0 Å². The Morgan fingerprint density at radius 2 is 2.00 bits per heavy atom. The molecule has 5 nitrogen and oxygen atoms in total. The zero-order chi connectivity index (χ0) is 12.7. The third-order valence-electron chi connectivity index (χ3n) is 3.11. The van der Waals surface area contributed by atoms with Crippen LogP contribution in [0.1, 0.15) is 38.5 Å². The van der Waals surface area contributed by atoms with Gasteiger partial charge in [-0.25, -0.2) is 0 Å². The monoisotopic (exact) mass is 299 g/mol. The van der Waals surface area contributed by atoms with Gasteiger partial charge < -0.3 is 15.4 Å². The number of ether oxygens (including phenoxy) is 1. The van der Waals surface area contributed by atoms with Crippen molar-refractivity contribution >= 4 is 26.4 Å². The number of nitrogens with two attached hydrogens (primary N) is 1. The molecule has 1 fully saturated rings. The van der Waals surface area contributed by atoms with Crippen LogP contribution in [-0.2, 0) is 14.1 Å². The highest BCUT2D eigenvalue weighted by molar-refractivity contribution is 7.39. The van der Waals surface area contributed by atoms with E-state index in [0.717, 1.165) is 6.42 Å². The van der Waals surface area contributed by atoms with Crippen LogP contribution < -0.4 is 5.73 Å². The van der Waals surface area contributed by atoms with Crippen molar-refractivity contribution in [2.75, 3.05) is 12.8 Å². The van der Waals surface area contributed by atoms with Gasteiger partial charge in [-0.15, -0.1) is 12.4 Å². The third-order valence-corrected chi connectivity index (χ3v) is 3.71. The highest BCUT2D eigenvalue weighted by Gasteiger charge is 2.18. The van der Waals surface area contributed by atoms with Crippen molar-refractivity contribution in [3.63, 3.8) is 0 Å². The second kappa shape index (κ2) is 9.79. The first-order chi connectivity index (χ1) is 8.08. The minimum atomic E-state index is -2.77. The van der Waals surface area contributed by atoms with Crippen molar-refractivity contribution < 1.29 is 19.0 Å². The molecule has 2 atom stereocenters. The lowest BCUT2D eigenvalue weighted by molar-refractivity contribution is -0.141. The van der Waals surface area contributed by atoms with Crippen molar-refractivity contribution in [3.8, 4) is 0 Å². The van der Waals surface area contributed by atoms with Gasteiger partial charge in [-0.1, -0.05) is 32.1 Å². The minimum Gasteiger partial charge on any atom is -0.464 e. The average molecular weight is 300 g/mol. The lowest BCUT2D eigenvalue weighted by Crippen LogP contribution is -2.31. The lowest BCUT2D eigenvalue weighted by atomic mass is 9.85. The molecule has 7 heteroatoms. The molecule has 0 aromatic carbocycles. The topological polar surface area (TPSA) is 89.6 Å². The minimum absolute atomic E-state index is 0. The Bertz CT molecular complexity index is 272. The summed E-state index contributed by atoms with van der Waals surface area (Å²) in [5.74, 6) is 0.0184. The van der Waals surface area contributed by atoms with Crippen molar-refractivity contribution in [1.82, 2.24) is 0 Å². The standard InChI is InChI=1S/C11H22NO4P.ClH/c12-10(6-9-4-2-1-3-5-9)7-16-11(13)8-17(14)15;/h9-10,17H,1-8,12H2,(H,14,15);1H. The molecule has 1 rings (SSSR count). The first-order valence-electron chi connectivity index (χ1n) is 6.21. The first-order valence-corrected chi connectivity index (χ1v) is 7.77. The molecule has 0 aromatic heterocycles. The first kappa shape index (κ1) is 17.9. The summed E-state index contributed by atoms with van der Waals surface area (Å²) >= 11 is 0. The summed E-state index contributed by atoms with van der Waals surface area (Å²) in [6.07, 6.45) is 6.75. The van der Waals surface area contributed by atoms with Gasteiger partial charge in [-0.2, -0.15) is 0 Å². The van der Waals surface area contributed by atoms with Crippen LogP contribution in [0.15, 0.2) is 0 Å². The van der Waals surface area contributed by atoms with E-state index in [-0.39, 0.29) is 25.1 Å². The zero-order valence-corrected chi connectivity index (χ0v) is 12.3. The average Bonchev–Trinajstić information content (AvgIpc) is 2.27. The second-order valence-electron chi connectivity index (χ2n) is 4.75. The van der Waals surface area contributed by atoms with Crippen molar-refractivity contribution in [2.24, 2.45) is 11.7 Å². The molecule has 0 amide bonds. The molecule has 0 radical (unpaired) electrons. The van der Waals surface area contributed by atoms with Gasteiger partial charge >= 0.3 is 5.97 Å². The summed E-state index contributed by atoms with van der Waals surface area (Å²) in [6, 6.07) is -0.150. The Labute approximate surface area is 115 Å². The fourth-order valence-corrected chi connectivity index (χ4v) is 2.64. The molecule has 0 aromatic rings. The van der Waals surface area contributed by atoms with Gasteiger partial charge in [0.15, 0.2) is 8.03 Å². The van der Waals surface area contributed by atoms with Gasteiger partial charge in [0.2, 0.25) is 0 Å². The molecule has 0 aliphatic heterocycles. The number of hydrogen-bond donors (Lipinski definition) is 2. The van der Waals surface area contributed by atoms with Crippen LogP contribution >= 0.6 is 20.4 Å². The van der Waals surface area contributed by atoms with E-state index in [2.05, 4.69) is 0 Å². The second-order valence-corrected chi connectivity index (χ2v) is 5.89. The van der Waals surface area contributed by atoms with Crippen molar-refractivity contribution in [2.45, 2.75) is 44.6 Å². The summed E-state index contributed by atoms with van der Waals surface area (Å²) in [5.41, 5.74) is 5.87. The van der Waals surface area contributed by atoms with Crippen LogP contribution in [0, 0.1) is 5.92 Å². The number of carbonyl (C=O) groups is 1. The molecule has 2 unspecified atom stereocenters. The summed E-state index contributed by atoms with van der Waals surface area (Å²) < 4.78 is 15.3. The van der Waals surface area contributed by atoms with E-state index in [9.17, 15) is 9.36 Å². The van der Waals surface area contributed by atoms with E-state index in [1.807, 2.05) is 0 Å². The van der Waals surface area contributed by atoms with E-state index in [1.54, 1.807) is 0 Å². The molecule has 3 N–H and O–H groups in total. The van der Waals surface area contributed by atoms with Gasteiger partial charge in [0.25, 0.3) is 0 Å². The summed E-state index contributed by atoms with van der Waals surface area (Å²) in [4.78, 5) is 19.6. The Balaban J connectivity index is 0.00000289. The van der Waals surface area contributed by atoms with Crippen LogP contribution in [0.2, 0.25) is 0 Å². The molecule has 1 saturated carbocycles. The van der Waals surface area contributed by atoms with Gasteiger partial charge in [0, 0.05) is 6.04 Å².